The van der Waals surface area contributed by atoms with E-state index in [-0.39, 0.29) is 37.5 Å². The van der Waals surface area contributed by atoms with Crippen LogP contribution in [0.5, 0.6) is 11.5 Å². The van der Waals surface area contributed by atoms with Crippen molar-refractivity contribution in [1.82, 2.24) is 4.57 Å². The summed E-state index contributed by atoms with van der Waals surface area (Å²) in [6.45, 7) is -0.223. The quantitative estimate of drug-likeness (QED) is 0.270. The number of nitrogens with zero attached hydrogens (tertiary/aromatic N) is 1. The summed E-state index contributed by atoms with van der Waals surface area (Å²) in [5.41, 5.74) is 1.85. The largest absolute Gasteiger partial charge is 0.511 e. The Morgan fingerprint density at radius 3 is 2.41 bits per heavy atom. The molecule has 1 aromatic heterocycles. The van der Waals surface area contributed by atoms with E-state index < -0.39 is 23.6 Å². The van der Waals surface area contributed by atoms with Crippen molar-refractivity contribution < 1.29 is 37.7 Å². The molecular formula is C25H20F3NO5. The highest BCUT2D eigenvalue weighted by Gasteiger charge is 2.17. The van der Waals surface area contributed by atoms with E-state index in [2.05, 4.69) is 0 Å². The molecule has 0 saturated carbocycles. The number of hydrogen-bond donors (Lipinski definition) is 2. The molecule has 34 heavy (non-hydrogen) atoms. The number of aliphatic hydroxyl groups excluding tert-OH is 1. The summed E-state index contributed by atoms with van der Waals surface area (Å²) >= 11 is 0. The molecule has 4 aromatic rings. The van der Waals surface area contributed by atoms with Crippen molar-refractivity contribution in [3.05, 3.63) is 94.9 Å². The maximum atomic E-state index is 14.1. The molecular weight excluding hydrogens is 451 g/mol. The van der Waals surface area contributed by atoms with Gasteiger partial charge in [0.05, 0.1) is 12.1 Å². The van der Waals surface area contributed by atoms with Gasteiger partial charge in [-0.1, -0.05) is 6.07 Å². The van der Waals surface area contributed by atoms with E-state index in [0.29, 0.717) is 27.8 Å². The second-order valence-corrected chi connectivity index (χ2v) is 7.55. The molecule has 0 aliphatic carbocycles. The second-order valence-electron chi connectivity index (χ2n) is 7.55. The summed E-state index contributed by atoms with van der Waals surface area (Å²) in [7, 11) is 0. The number of carbonyl (C=O) groups is 1. The first kappa shape index (κ1) is 23.2. The van der Waals surface area contributed by atoms with Gasteiger partial charge in [-0.2, -0.15) is 0 Å². The molecule has 0 aliphatic heterocycles. The van der Waals surface area contributed by atoms with Gasteiger partial charge in [-0.05, 0) is 54.4 Å². The molecule has 0 spiro atoms. The fraction of sp³-hybridized carbons (Fsp3) is 0.160. The number of carboxylic acid groups (broad SMARTS) is 1. The number of benzene rings is 3. The summed E-state index contributed by atoms with van der Waals surface area (Å²) in [5, 5.41) is 19.0. The molecule has 0 radical (unpaired) electrons. The first-order valence-corrected chi connectivity index (χ1v) is 10.3. The molecule has 9 heteroatoms. The summed E-state index contributed by atoms with van der Waals surface area (Å²) in [6.07, 6.45) is 0.507. The van der Waals surface area contributed by atoms with Crippen molar-refractivity contribution in [2.24, 2.45) is 0 Å². The molecule has 1 heterocycles. The monoisotopic (exact) mass is 471 g/mol. The molecule has 4 rings (SSSR count). The van der Waals surface area contributed by atoms with Gasteiger partial charge >= 0.3 is 6.16 Å². The molecule has 0 aliphatic rings. The standard InChI is InChI=1S/C25H20F3NO5/c26-18-6-7-22(33-14-16-4-5-19(27)11-20(16)28)17(10-18)13-29-12-15(8-9-30)24-21(29)2-1-3-23(24)34-25(31)32/h1-7,10-12,30H,8-9,13-14H2,(H,31,32). The third-order valence-corrected chi connectivity index (χ3v) is 5.29. The molecule has 0 atom stereocenters. The van der Waals surface area contributed by atoms with Crippen LogP contribution in [0.3, 0.4) is 0 Å². The summed E-state index contributed by atoms with van der Waals surface area (Å²) < 4.78 is 53.6. The van der Waals surface area contributed by atoms with Crippen LogP contribution in [0.15, 0.2) is 60.8 Å². The molecule has 0 fully saturated rings. The van der Waals surface area contributed by atoms with Crippen LogP contribution in [0.1, 0.15) is 16.7 Å². The lowest BCUT2D eigenvalue weighted by Gasteiger charge is -2.14. The van der Waals surface area contributed by atoms with Gasteiger partial charge in [0.15, 0.2) is 0 Å². The SMILES string of the molecule is O=C(O)Oc1cccc2c1c(CCO)cn2Cc1cc(F)ccc1OCc1ccc(F)cc1F. The summed E-state index contributed by atoms with van der Waals surface area (Å²) in [5.74, 6) is -1.53. The fourth-order valence-electron chi connectivity index (χ4n) is 3.81. The van der Waals surface area contributed by atoms with Crippen molar-refractivity contribution in [2.45, 2.75) is 19.6 Å². The fourth-order valence-corrected chi connectivity index (χ4v) is 3.81. The highest BCUT2D eigenvalue weighted by Crippen LogP contribution is 2.33. The summed E-state index contributed by atoms with van der Waals surface area (Å²) in [6, 6.07) is 12.0. The predicted octanol–water partition coefficient (Wildman–Crippen LogP) is 5.28. The Bertz CT molecular complexity index is 1350. The van der Waals surface area contributed by atoms with Gasteiger partial charge in [0.25, 0.3) is 0 Å². The minimum Gasteiger partial charge on any atom is -0.488 e. The van der Waals surface area contributed by atoms with Crippen LogP contribution in [0.25, 0.3) is 10.9 Å². The Balaban J connectivity index is 1.69. The van der Waals surface area contributed by atoms with Crippen LogP contribution in [0.2, 0.25) is 0 Å². The minimum atomic E-state index is -1.47. The lowest BCUT2D eigenvalue weighted by Crippen LogP contribution is -2.05. The second kappa shape index (κ2) is 9.88. The topological polar surface area (TPSA) is 80.9 Å². The van der Waals surface area contributed by atoms with Crippen molar-refractivity contribution in [3.8, 4) is 11.5 Å². The molecule has 176 valence electrons. The molecule has 0 amide bonds. The number of fused-ring (bicyclic) bond motifs is 1. The van der Waals surface area contributed by atoms with Crippen LogP contribution in [-0.4, -0.2) is 27.5 Å². The predicted molar refractivity (Wildman–Crippen MR) is 118 cm³/mol. The van der Waals surface area contributed by atoms with E-state index in [4.69, 9.17) is 14.6 Å². The normalized spacial score (nSPS) is 11.1. The van der Waals surface area contributed by atoms with E-state index in [0.717, 1.165) is 12.1 Å². The van der Waals surface area contributed by atoms with Gasteiger partial charge in [0, 0.05) is 35.4 Å². The van der Waals surface area contributed by atoms with Crippen LogP contribution in [0, 0.1) is 17.5 Å². The van der Waals surface area contributed by atoms with Crippen LogP contribution in [-0.2, 0) is 19.6 Å². The maximum Gasteiger partial charge on any atom is 0.511 e. The smallest absolute Gasteiger partial charge is 0.488 e. The Labute approximate surface area is 192 Å². The van der Waals surface area contributed by atoms with Crippen molar-refractivity contribution in [3.63, 3.8) is 0 Å². The Morgan fingerprint density at radius 2 is 1.68 bits per heavy atom. The Kier molecular flexibility index (Phi) is 6.74. The van der Waals surface area contributed by atoms with Gasteiger partial charge in [-0.25, -0.2) is 18.0 Å². The van der Waals surface area contributed by atoms with Crippen molar-refractivity contribution in [1.29, 1.82) is 0 Å². The number of halogens is 3. The molecule has 0 saturated heterocycles. The van der Waals surface area contributed by atoms with Crippen molar-refractivity contribution in [2.75, 3.05) is 6.61 Å². The number of aliphatic hydroxyl groups is 1. The van der Waals surface area contributed by atoms with Gasteiger partial charge in [0.1, 0.15) is 35.6 Å². The lowest BCUT2D eigenvalue weighted by molar-refractivity contribution is 0.145. The zero-order valence-corrected chi connectivity index (χ0v) is 17.8. The van der Waals surface area contributed by atoms with Crippen LogP contribution >= 0.6 is 0 Å². The third kappa shape index (κ3) is 4.99. The van der Waals surface area contributed by atoms with Gasteiger partial charge in [-0.15, -0.1) is 0 Å². The average Bonchev–Trinajstić information content (AvgIpc) is 3.12. The van der Waals surface area contributed by atoms with Crippen molar-refractivity contribution >= 4 is 17.1 Å². The highest BCUT2D eigenvalue weighted by atomic mass is 19.1. The molecule has 0 unspecified atom stereocenters. The van der Waals surface area contributed by atoms with Gasteiger partial charge in [0.2, 0.25) is 0 Å². The maximum absolute atomic E-state index is 14.1. The molecule has 2 N–H and O–H groups in total. The number of rotatable bonds is 8. The first-order chi connectivity index (χ1) is 16.4. The highest BCUT2D eigenvalue weighted by molar-refractivity contribution is 5.91. The Morgan fingerprint density at radius 1 is 0.912 bits per heavy atom. The first-order valence-electron chi connectivity index (χ1n) is 10.3. The minimum absolute atomic E-state index is 0.120. The van der Waals surface area contributed by atoms with E-state index in [9.17, 15) is 23.1 Å². The Hall–Kier alpha value is -3.98. The zero-order chi connectivity index (χ0) is 24.2. The van der Waals surface area contributed by atoms with E-state index in [1.54, 1.807) is 22.9 Å². The van der Waals surface area contributed by atoms with Gasteiger partial charge < -0.3 is 24.3 Å². The van der Waals surface area contributed by atoms with Crippen LogP contribution in [0.4, 0.5) is 18.0 Å². The molecule has 0 bridgehead atoms. The average molecular weight is 471 g/mol. The number of hydrogen-bond acceptors (Lipinski definition) is 4. The molecule has 6 nitrogen and oxygen atoms in total. The summed E-state index contributed by atoms with van der Waals surface area (Å²) in [4.78, 5) is 11.1. The van der Waals surface area contributed by atoms with E-state index in [1.807, 2.05) is 0 Å². The van der Waals surface area contributed by atoms with E-state index in [1.165, 1.54) is 30.3 Å². The third-order valence-electron chi connectivity index (χ3n) is 5.29. The van der Waals surface area contributed by atoms with Crippen LogP contribution < -0.4 is 9.47 Å². The lowest BCUT2D eigenvalue weighted by atomic mass is 10.1. The zero-order valence-electron chi connectivity index (χ0n) is 17.8. The molecule has 3 aromatic carbocycles. The van der Waals surface area contributed by atoms with Gasteiger partial charge in [-0.3, -0.25) is 0 Å². The number of aromatic nitrogens is 1. The van der Waals surface area contributed by atoms with E-state index >= 15 is 0 Å². The number of ether oxygens (including phenoxy) is 2.